The highest BCUT2D eigenvalue weighted by Crippen LogP contribution is 2.36. The molecule has 0 radical (unpaired) electrons. The summed E-state index contributed by atoms with van der Waals surface area (Å²) in [5.74, 6) is -1.36. The Kier molecular flexibility index (Phi) is 6.81. The summed E-state index contributed by atoms with van der Waals surface area (Å²) in [5, 5.41) is 9.43. The van der Waals surface area contributed by atoms with Crippen LogP contribution in [0.4, 0.5) is 0 Å². The van der Waals surface area contributed by atoms with E-state index in [1.165, 1.54) is 14.2 Å². The van der Waals surface area contributed by atoms with E-state index < -0.39 is 23.8 Å². The van der Waals surface area contributed by atoms with Gasteiger partial charge in [0.2, 0.25) is 5.91 Å². The molecule has 1 aliphatic rings. The summed E-state index contributed by atoms with van der Waals surface area (Å²) in [7, 11) is 3.01. The first-order chi connectivity index (χ1) is 12.8. The van der Waals surface area contributed by atoms with E-state index >= 15 is 0 Å². The predicted molar refractivity (Wildman–Crippen MR) is 104 cm³/mol. The van der Waals surface area contributed by atoms with Crippen molar-refractivity contribution < 1.29 is 29.0 Å². The molecule has 1 aromatic carbocycles. The van der Waals surface area contributed by atoms with E-state index in [0.29, 0.717) is 17.1 Å². The maximum absolute atomic E-state index is 12.7. The number of ether oxygens (including phenoxy) is 2. The van der Waals surface area contributed by atoms with Gasteiger partial charge in [0.25, 0.3) is 5.91 Å². The highest BCUT2D eigenvalue weighted by molar-refractivity contribution is 8.26. The molecule has 8 nitrogen and oxygen atoms in total. The van der Waals surface area contributed by atoms with Crippen LogP contribution in [0, 0.1) is 0 Å². The zero-order valence-electron chi connectivity index (χ0n) is 14.6. The van der Waals surface area contributed by atoms with Crippen molar-refractivity contribution in [3.05, 3.63) is 28.7 Å². The summed E-state index contributed by atoms with van der Waals surface area (Å²) in [6, 6.07) is 3.83. The standard InChI is InChI=1S/C17H18N2O6S2/c1-24-10-4-3-9(12(8-10)25-2)7-13-15(21)19(17(26)27-13)11(16(22)23)5-6-14(18)20/h3-4,7-8,11H,5-6H2,1-2H3,(H2,18,20)(H,22,23)/b13-7-. The molecule has 1 heterocycles. The number of carboxylic acids is 1. The molecule has 1 saturated heterocycles. The lowest BCUT2D eigenvalue weighted by Gasteiger charge is -2.22. The largest absolute Gasteiger partial charge is 0.497 e. The molecule has 144 valence electrons. The van der Waals surface area contributed by atoms with Crippen molar-refractivity contribution in [2.24, 2.45) is 5.73 Å². The Bertz CT molecular complexity index is 824. The lowest BCUT2D eigenvalue weighted by molar-refractivity contribution is -0.145. The number of carbonyl (C=O) groups is 3. The third-order valence-electron chi connectivity index (χ3n) is 3.81. The summed E-state index contributed by atoms with van der Waals surface area (Å²) in [6.07, 6.45) is 1.29. The number of thiocarbonyl (C=S) groups is 1. The molecule has 0 aromatic heterocycles. The SMILES string of the molecule is COc1ccc(/C=C2\SC(=S)N(C(CCC(N)=O)C(=O)O)C2=O)c(OC)c1. The van der Waals surface area contributed by atoms with Gasteiger partial charge in [0.05, 0.1) is 19.1 Å². The van der Waals surface area contributed by atoms with Gasteiger partial charge in [-0.25, -0.2) is 4.79 Å². The molecule has 0 spiro atoms. The zero-order chi connectivity index (χ0) is 20.1. The van der Waals surface area contributed by atoms with Crippen LogP contribution in [0.5, 0.6) is 11.5 Å². The summed E-state index contributed by atoms with van der Waals surface area (Å²) in [5.41, 5.74) is 5.70. The van der Waals surface area contributed by atoms with Crippen molar-refractivity contribution in [1.82, 2.24) is 4.90 Å². The Morgan fingerprint density at radius 1 is 1.37 bits per heavy atom. The number of thioether (sulfide) groups is 1. The van der Waals surface area contributed by atoms with Crippen LogP contribution in [0.25, 0.3) is 6.08 Å². The van der Waals surface area contributed by atoms with Crippen molar-refractivity contribution in [1.29, 1.82) is 0 Å². The van der Waals surface area contributed by atoms with E-state index in [0.717, 1.165) is 16.7 Å². The number of amides is 2. The number of carboxylic acid groups (broad SMARTS) is 1. The van der Waals surface area contributed by atoms with E-state index in [2.05, 4.69) is 0 Å². The van der Waals surface area contributed by atoms with Gasteiger partial charge in [0, 0.05) is 18.1 Å². The van der Waals surface area contributed by atoms with Crippen LogP contribution < -0.4 is 15.2 Å². The summed E-state index contributed by atoms with van der Waals surface area (Å²) in [6.45, 7) is 0. The number of aliphatic carboxylic acids is 1. The molecule has 2 rings (SSSR count). The van der Waals surface area contributed by atoms with Gasteiger partial charge in [-0.1, -0.05) is 24.0 Å². The van der Waals surface area contributed by atoms with Crippen molar-refractivity contribution in [2.45, 2.75) is 18.9 Å². The Morgan fingerprint density at radius 3 is 2.63 bits per heavy atom. The topological polar surface area (TPSA) is 119 Å². The molecule has 0 bridgehead atoms. The molecule has 1 fully saturated rings. The van der Waals surface area contributed by atoms with Gasteiger partial charge in [0.1, 0.15) is 21.9 Å². The highest BCUT2D eigenvalue weighted by atomic mass is 32.2. The molecule has 0 saturated carbocycles. The number of hydrogen-bond acceptors (Lipinski definition) is 7. The minimum atomic E-state index is -1.26. The van der Waals surface area contributed by atoms with E-state index in [1.807, 2.05) is 0 Å². The van der Waals surface area contributed by atoms with Gasteiger partial charge in [-0.2, -0.15) is 0 Å². The van der Waals surface area contributed by atoms with Gasteiger partial charge in [-0.15, -0.1) is 0 Å². The summed E-state index contributed by atoms with van der Waals surface area (Å²) < 4.78 is 10.5. The predicted octanol–water partition coefficient (Wildman–Crippen LogP) is 1.62. The van der Waals surface area contributed by atoms with Crippen molar-refractivity contribution in [2.75, 3.05) is 14.2 Å². The van der Waals surface area contributed by atoms with Crippen LogP contribution in [0.2, 0.25) is 0 Å². The van der Waals surface area contributed by atoms with Gasteiger partial charge in [-0.05, 0) is 24.6 Å². The molecule has 2 amide bonds. The molecular formula is C17H18N2O6S2. The second-order valence-electron chi connectivity index (χ2n) is 5.52. The third kappa shape index (κ3) is 4.77. The normalized spacial score (nSPS) is 16.5. The lowest BCUT2D eigenvalue weighted by atomic mass is 10.1. The Balaban J connectivity index is 2.33. The monoisotopic (exact) mass is 410 g/mol. The molecule has 10 heteroatoms. The molecule has 1 aliphatic heterocycles. The van der Waals surface area contributed by atoms with Gasteiger partial charge >= 0.3 is 5.97 Å². The van der Waals surface area contributed by atoms with Crippen LogP contribution in [0.3, 0.4) is 0 Å². The molecular weight excluding hydrogens is 392 g/mol. The van der Waals surface area contributed by atoms with E-state index in [-0.39, 0.29) is 22.1 Å². The van der Waals surface area contributed by atoms with Crippen LogP contribution in [0.1, 0.15) is 18.4 Å². The average Bonchev–Trinajstić information content (AvgIpc) is 2.89. The van der Waals surface area contributed by atoms with Crippen LogP contribution in [-0.2, 0) is 14.4 Å². The molecule has 1 aromatic rings. The van der Waals surface area contributed by atoms with Gasteiger partial charge < -0.3 is 20.3 Å². The number of primary amides is 1. The second kappa shape index (κ2) is 8.87. The number of nitrogens with zero attached hydrogens (tertiary/aromatic N) is 1. The average molecular weight is 410 g/mol. The minimum absolute atomic E-state index is 0.107. The quantitative estimate of drug-likeness (QED) is 0.490. The second-order valence-corrected chi connectivity index (χ2v) is 7.19. The first-order valence-corrected chi connectivity index (χ1v) is 9.01. The molecule has 1 atom stereocenters. The van der Waals surface area contributed by atoms with Crippen LogP contribution >= 0.6 is 24.0 Å². The maximum atomic E-state index is 12.7. The number of nitrogens with two attached hydrogens (primary N) is 1. The molecule has 0 aliphatic carbocycles. The third-order valence-corrected chi connectivity index (χ3v) is 5.14. The van der Waals surface area contributed by atoms with Crippen LogP contribution in [-0.4, -0.2) is 52.4 Å². The first-order valence-electron chi connectivity index (χ1n) is 7.78. The van der Waals surface area contributed by atoms with E-state index in [4.69, 9.17) is 27.4 Å². The fourth-order valence-electron chi connectivity index (χ4n) is 2.47. The Morgan fingerprint density at radius 2 is 2.07 bits per heavy atom. The summed E-state index contributed by atoms with van der Waals surface area (Å²) in [4.78, 5) is 36.5. The summed E-state index contributed by atoms with van der Waals surface area (Å²) >= 11 is 6.17. The number of rotatable bonds is 8. The first kappa shape index (κ1) is 20.7. The maximum Gasteiger partial charge on any atom is 0.326 e. The fraction of sp³-hybridized carbons (Fsp3) is 0.294. The molecule has 1 unspecified atom stereocenters. The van der Waals surface area contributed by atoms with E-state index in [9.17, 15) is 19.5 Å². The highest BCUT2D eigenvalue weighted by Gasteiger charge is 2.40. The fourth-order valence-corrected chi connectivity index (χ4v) is 3.82. The number of carbonyl (C=O) groups excluding carboxylic acids is 2. The smallest absolute Gasteiger partial charge is 0.326 e. The lowest BCUT2D eigenvalue weighted by Crippen LogP contribution is -2.44. The van der Waals surface area contributed by atoms with Crippen molar-refractivity contribution in [3.8, 4) is 11.5 Å². The number of methoxy groups -OCH3 is 2. The van der Waals surface area contributed by atoms with Crippen LogP contribution in [0.15, 0.2) is 23.1 Å². The number of benzene rings is 1. The molecule has 27 heavy (non-hydrogen) atoms. The minimum Gasteiger partial charge on any atom is -0.497 e. The zero-order valence-corrected chi connectivity index (χ0v) is 16.3. The van der Waals surface area contributed by atoms with Crippen molar-refractivity contribution in [3.63, 3.8) is 0 Å². The van der Waals surface area contributed by atoms with E-state index in [1.54, 1.807) is 24.3 Å². The Labute approximate surface area is 165 Å². The molecule has 3 N–H and O–H groups in total. The van der Waals surface area contributed by atoms with Crippen molar-refractivity contribution >= 4 is 52.2 Å². The number of hydrogen-bond donors (Lipinski definition) is 2. The Hall–Kier alpha value is -2.59. The van der Waals surface area contributed by atoms with Gasteiger partial charge in [-0.3, -0.25) is 14.5 Å². The van der Waals surface area contributed by atoms with Gasteiger partial charge in [0.15, 0.2) is 0 Å².